The van der Waals surface area contributed by atoms with Crippen LogP contribution in [0.25, 0.3) is 0 Å². The van der Waals surface area contributed by atoms with Gasteiger partial charge in [-0.1, -0.05) is 43.0 Å². The highest BCUT2D eigenvalue weighted by molar-refractivity contribution is 7.90. The van der Waals surface area contributed by atoms with Gasteiger partial charge in [-0.3, -0.25) is 9.59 Å². The third kappa shape index (κ3) is 6.22. The number of aryl methyl sites for hydroxylation is 1. The first kappa shape index (κ1) is 25.9. The van der Waals surface area contributed by atoms with E-state index in [0.717, 1.165) is 50.3 Å². The highest BCUT2D eigenvalue weighted by Gasteiger charge is 2.38. The van der Waals surface area contributed by atoms with Gasteiger partial charge in [0.25, 0.3) is 0 Å². The van der Waals surface area contributed by atoms with E-state index < -0.39 is 15.4 Å². The van der Waals surface area contributed by atoms with Crippen molar-refractivity contribution in [3.05, 3.63) is 41.5 Å². The molecule has 0 aliphatic heterocycles. The largest absolute Gasteiger partial charge is 0.343 e. The lowest BCUT2D eigenvalue weighted by atomic mass is 9.89. The molecule has 2 aromatic rings. The zero-order valence-electron chi connectivity index (χ0n) is 20.3. The molecule has 0 saturated heterocycles. The topological polar surface area (TPSA) is 122 Å². The van der Waals surface area contributed by atoms with Crippen molar-refractivity contribution in [3.8, 4) is 0 Å². The van der Waals surface area contributed by atoms with Crippen molar-refractivity contribution < 1.29 is 22.5 Å². The van der Waals surface area contributed by atoms with E-state index in [9.17, 15) is 18.0 Å². The number of aromatic nitrogens is 2. The van der Waals surface area contributed by atoms with Gasteiger partial charge in [-0.15, -0.1) is 0 Å². The first-order valence-corrected chi connectivity index (χ1v) is 13.6. The first-order chi connectivity index (χ1) is 16.0. The number of amides is 2. The summed E-state index contributed by atoms with van der Waals surface area (Å²) in [6.07, 6.45) is 7.38. The Kier molecular flexibility index (Phi) is 8.12. The van der Waals surface area contributed by atoms with Gasteiger partial charge in [-0.05, 0) is 37.5 Å². The summed E-state index contributed by atoms with van der Waals surface area (Å²) in [6, 6.07) is 6.33. The minimum Gasteiger partial charge on any atom is -0.343 e. The number of carbonyl (C=O) groups excluding carboxylic acids is 2. The molecule has 1 saturated carbocycles. The van der Waals surface area contributed by atoms with Gasteiger partial charge in [0, 0.05) is 33.1 Å². The Balaban J connectivity index is 1.64. The lowest BCUT2D eigenvalue weighted by Gasteiger charge is -2.30. The number of nitrogens with zero attached hydrogens (tertiary/aromatic N) is 3. The fourth-order valence-electron chi connectivity index (χ4n) is 4.45. The van der Waals surface area contributed by atoms with Crippen LogP contribution in [-0.4, -0.2) is 48.6 Å². The maximum atomic E-state index is 12.8. The van der Waals surface area contributed by atoms with Crippen LogP contribution in [0.1, 0.15) is 82.1 Å². The Labute approximate surface area is 201 Å². The second kappa shape index (κ2) is 10.7. The summed E-state index contributed by atoms with van der Waals surface area (Å²) < 4.78 is 28.8. The molecule has 1 N–H and O–H groups in total. The zero-order chi connectivity index (χ0) is 24.9. The van der Waals surface area contributed by atoms with Crippen LogP contribution in [0.3, 0.4) is 0 Å². The molecular formula is C24H34N4O5S. The standard InChI is InChI=1S/C24H34N4O5S/c1-17(19-9-11-20(12-10-19)34(4,31)32)28(3)22(30)14-13-21-25-23(27-33-21)24(26-18(2)29)15-7-5-6-8-16-24/h9-12,17H,5-8,13-16H2,1-4H3,(H,26,29). The van der Waals surface area contributed by atoms with Crippen molar-refractivity contribution in [1.82, 2.24) is 20.4 Å². The molecular weight excluding hydrogens is 456 g/mol. The van der Waals surface area contributed by atoms with Crippen molar-refractivity contribution in [1.29, 1.82) is 0 Å². The van der Waals surface area contributed by atoms with Crippen LogP contribution < -0.4 is 5.32 Å². The Bertz CT molecular complexity index is 1100. The van der Waals surface area contributed by atoms with Crippen LogP contribution in [0.15, 0.2) is 33.7 Å². The van der Waals surface area contributed by atoms with Crippen LogP contribution >= 0.6 is 0 Å². The number of carbonyl (C=O) groups is 2. The number of hydrogen-bond acceptors (Lipinski definition) is 7. The molecule has 0 spiro atoms. The second-order valence-electron chi connectivity index (χ2n) is 9.21. The van der Waals surface area contributed by atoms with Crippen molar-refractivity contribution in [3.63, 3.8) is 0 Å². The molecule has 1 aromatic heterocycles. The van der Waals surface area contributed by atoms with Crippen molar-refractivity contribution in [2.24, 2.45) is 0 Å². The third-order valence-corrected chi connectivity index (χ3v) is 7.71. The summed E-state index contributed by atoms with van der Waals surface area (Å²) in [5, 5.41) is 7.22. The molecule has 1 aliphatic rings. The van der Waals surface area contributed by atoms with Gasteiger partial charge in [0.15, 0.2) is 15.7 Å². The maximum Gasteiger partial charge on any atom is 0.227 e. The van der Waals surface area contributed by atoms with E-state index in [2.05, 4.69) is 15.5 Å². The molecule has 0 radical (unpaired) electrons. The number of sulfone groups is 1. The molecule has 2 amide bonds. The summed E-state index contributed by atoms with van der Waals surface area (Å²) in [4.78, 5) is 31.1. The highest BCUT2D eigenvalue weighted by Crippen LogP contribution is 2.34. The molecule has 1 fully saturated rings. The van der Waals surface area contributed by atoms with E-state index >= 15 is 0 Å². The van der Waals surface area contributed by atoms with Gasteiger partial charge in [0.05, 0.1) is 10.9 Å². The van der Waals surface area contributed by atoms with Gasteiger partial charge in [-0.2, -0.15) is 4.98 Å². The van der Waals surface area contributed by atoms with Crippen LogP contribution in [-0.2, 0) is 31.4 Å². The van der Waals surface area contributed by atoms with E-state index in [1.165, 1.54) is 6.92 Å². The molecule has 1 atom stereocenters. The van der Waals surface area contributed by atoms with E-state index in [-0.39, 0.29) is 29.2 Å². The van der Waals surface area contributed by atoms with Gasteiger partial charge in [0.2, 0.25) is 17.7 Å². The lowest BCUT2D eigenvalue weighted by Crippen LogP contribution is -2.45. The molecule has 1 aromatic carbocycles. The lowest BCUT2D eigenvalue weighted by molar-refractivity contribution is -0.131. The van der Waals surface area contributed by atoms with E-state index in [1.54, 1.807) is 36.2 Å². The smallest absolute Gasteiger partial charge is 0.227 e. The average Bonchev–Trinajstić information content (AvgIpc) is 3.15. The summed E-state index contributed by atoms with van der Waals surface area (Å²) in [5.74, 6) is 0.643. The third-order valence-electron chi connectivity index (χ3n) is 6.59. The predicted molar refractivity (Wildman–Crippen MR) is 127 cm³/mol. The molecule has 9 nitrogen and oxygen atoms in total. The normalized spacial score (nSPS) is 16.9. The summed E-state index contributed by atoms with van der Waals surface area (Å²) in [6.45, 7) is 3.39. The van der Waals surface area contributed by atoms with E-state index in [4.69, 9.17) is 4.52 Å². The Morgan fingerprint density at radius 2 is 1.76 bits per heavy atom. The fraction of sp³-hybridized carbons (Fsp3) is 0.583. The number of hydrogen-bond donors (Lipinski definition) is 1. The van der Waals surface area contributed by atoms with Gasteiger partial charge < -0.3 is 14.7 Å². The molecule has 10 heteroatoms. The predicted octanol–water partition coefficient (Wildman–Crippen LogP) is 3.31. The Hall–Kier alpha value is -2.75. The first-order valence-electron chi connectivity index (χ1n) is 11.7. The molecule has 3 rings (SSSR count). The summed E-state index contributed by atoms with van der Waals surface area (Å²) in [7, 11) is -1.55. The average molecular weight is 491 g/mol. The quantitative estimate of drug-likeness (QED) is 0.563. The second-order valence-corrected chi connectivity index (χ2v) is 11.2. The number of rotatable bonds is 8. The van der Waals surface area contributed by atoms with Crippen molar-refractivity contribution in [2.75, 3.05) is 13.3 Å². The number of nitrogens with one attached hydrogen (secondary N) is 1. The molecule has 1 unspecified atom stereocenters. The number of benzene rings is 1. The molecule has 34 heavy (non-hydrogen) atoms. The fourth-order valence-corrected chi connectivity index (χ4v) is 5.08. The molecule has 186 valence electrons. The monoisotopic (exact) mass is 490 g/mol. The van der Waals surface area contributed by atoms with Crippen molar-refractivity contribution in [2.45, 2.75) is 81.7 Å². The zero-order valence-corrected chi connectivity index (χ0v) is 21.2. The van der Waals surface area contributed by atoms with Gasteiger partial charge in [-0.25, -0.2) is 8.42 Å². The van der Waals surface area contributed by atoms with Gasteiger partial charge >= 0.3 is 0 Å². The minimum atomic E-state index is -3.27. The molecule has 0 bridgehead atoms. The summed E-state index contributed by atoms with van der Waals surface area (Å²) in [5.41, 5.74) is 0.228. The molecule has 1 aliphatic carbocycles. The Morgan fingerprint density at radius 1 is 1.15 bits per heavy atom. The van der Waals surface area contributed by atoms with Crippen LogP contribution in [0.4, 0.5) is 0 Å². The summed E-state index contributed by atoms with van der Waals surface area (Å²) >= 11 is 0. The highest BCUT2D eigenvalue weighted by atomic mass is 32.2. The van der Waals surface area contributed by atoms with E-state index in [0.29, 0.717) is 18.1 Å². The minimum absolute atomic E-state index is 0.0921. The SMILES string of the molecule is CC(=O)NC1(c2noc(CCC(=O)N(C)C(C)c3ccc(S(C)(=O)=O)cc3)n2)CCCCCC1. The Morgan fingerprint density at radius 3 is 2.32 bits per heavy atom. The van der Waals surface area contributed by atoms with Crippen LogP contribution in [0.2, 0.25) is 0 Å². The van der Waals surface area contributed by atoms with Gasteiger partial charge in [0.1, 0.15) is 5.54 Å². The van der Waals surface area contributed by atoms with Crippen LogP contribution in [0.5, 0.6) is 0 Å². The van der Waals surface area contributed by atoms with E-state index in [1.807, 2.05) is 6.92 Å². The van der Waals surface area contributed by atoms with Crippen LogP contribution in [0, 0.1) is 0 Å². The van der Waals surface area contributed by atoms with Crippen molar-refractivity contribution >= 4 is 21.7 Å². The maximum absolute atomic E-state index is 12.8. The molecule has 1 heterocycles.